The number of rotatable bonds is 6. The molecule has 1 heterocycles. The summed E-state index contributed by atoms with van der Waals surface area (Å²) >= 11 is 0. The van der Waals surface area contributed by atoms with Crippen molar-refractivity contribution in [1.82, 2.24) is 5.32 Å². The maximum absolute atomic E-state index is 12.4. The zero-order chi connectivity index (χ0) is 20.4. The van der Waals surface area contributed by atoms with Crippen LogP contribution in [0.4, 0.5) is 0 Å². The molecule has 2 aromatic rings. The third kappa shape index (κ3) is 3.66. The van der Waals surface area contributed by atoms with Gasteiger partial charge in [-0.3, -0.25) is 4.79 Å². The monoisotopic (exact) mass is 396 g/mol. The first kappa shape index (κ1) is 20.8. The van der Waals surface area contributed by atoms with Crippen molar-refractivity contribution >= 4 is 24.6 Å². The molecule has 0 aliphatic carbocycles. The molecule has 1 fully saturated rings. The second-order valence-corrected chi connectivity index (χ2v) is 13.4. The first-order valence-electron chi connectivity index (χ1n) is 9.99. The highest BCUT2D eigenvalue weighted by molar-refractivity contribution is 6.99. The summed E-state index contributed by atoms with van der Waals surface area (Å²) in [6, 6.07) is 21.1. The van der Waals surface area contributed by atoms with Gasteiger partial charge < -0.3 is 15.5 Å². The quantitative estimate of drug-likeness (QED) is 0.737. The van der Waals surface area contributed by atoms with Crippen molar-refractivity contribution in [2.24, 2.45) is 11.1 Å². The normalized spacial score (nSPS) is 22.9. The predicted octanol–water partition coefficient (Wildman–Crippen LogP) is 2.42. The van der Waals surface area contributed by atoms with Crippen LogP contribution in [0, 0.1) is 5.41 Å². The Morgan fingerprint density at radius 1 is 1.07 bits per heavy atom. The second kappa shape index (κ2) is 7.82. The van der Waals surface area contributed by atoms with Crippen LogP contribution in [0.1, 0.15) is 34.1 Å². The average Bonchev–Trinajstić information content (AvgIpc) is 2.97. The van der Waals surface area contributed by atoms with E-state index in [1.807, 2.05) is 19.1 Å². The Kier molecular flexibility index (Phi) is 5.80. The SMILES string of the molecule is CC(C)(C)[Si](OC[C@@H]1C[C@@](C)(CN)C(=O)N1)(c1ccccc1)c1ccccc1. The van der Waals surface area contributed by atoms with Crippen LogP contribution in [0.25, 0.3) is 0 Å². The van der Waals surface area contributed by atoms with Crippen LogP contribution >= 0.6 is 0 Å². The van der Waals surface area contributed by atoms with Gasteiger partial charge in [0.1, 0.15) is 0 Å². The number of carbonyl (C=O) groups excluding carboxylic acids is 1. The van der Waals surface area contributed by atoms with E-state index in [1.165, 1.54) is 10.4 Å². The van der Waals surface area contributed by atoms with Crippen molar-refractivity contribution in [3.8, 4) is 0 Å². The van der Waals surface area contributed by atoms with E-state index in [4.69, 9.17) is 10.2 Å². The number of benzene rings is 2. The molecule has 0 unspecified atom stereocenters. The molecule has 150 valence electrons. The van der Waals surface area contributed by atoms with Crippen molar-refractivity contribution in [3.05, 3.63) is 60.7 Å². The van der Waals surface area contributed by atoms with E-state index < -0.39 is 13.7 Å². The zero-order valence-electron chi connectivity index (χ0n) is 17.4. The Hall–Kier alpha value is -1.95. The smallest absolute Gasteiger partial charge is 0.261 e. The molecule has 2 atom stereocenters. The highest BCUT2D eigenvalue weighted by Crippen LogP contribution is 2.37. The lowest BCUT2D eigenvalue weighted by molar-refractivity contribution is -0.126. The number of carbonyl (C=O) groups is 1. The first-order chi connectivity index (χ1) is 13.2. The molecule has 0 radical (unpaired) electrons. The lowest BCUT2D eigenvalue weighted by Gasteiger charge is -2.43. The van der Waals surface area contributed by atoms with E-state index in [0.29, 0.717) is 19.6 Å². The Balaban J connectivity index is 1.99. The molecule has 1 aliphatic heterocycles. The Morgan fingerprint density at radius 3 is 1.96 bits per heavy atom. The van der Waals surface area contributed by atoms with Gasteiger partial charge in [-0.15, -0.1) is 0 Å². The second-order valence-electron chi connectivity index (χ2n) is 9.11. The van der Waals surface area contributed by atoms with Gasteiger partial charge in [0.15, 0.2) is 0 Å². The standard InChI is InChI=1S/C23H32N2O2Si/c1-22(2,3)28(19-11-7-5-8-12-19,20-13-9-6-10-14-20)27-16-18-15-23(4,17-24)21(26)25-18/h5-14,18H,15-17,24H2,1-4H3,(H,25,26)/t18-,23-/m0/s1. The van der Waals surface area contributed by atoms with Crippen LogP contribution in [0.3, 0.4) is 0 Å². The van der Waals surface area contributed by atoms with Gasteiger partial charge in [-0.25, -0.2) is 0 Å². The molecule has 3 rings (SSSR count). The molecule has 28 heavy (non-hydrogen) atoms. The van der Waals surface area contributed by atoms with Crippen molar-refractivity contribution in [2.75, 3.05) is 13.2 Å². The molecule has 0 spiro atoms. The van der Waals surface area contributed by atoms with Gasteiger partial charge in [-0.2, -0.15) is 0 Å². The first-order valence-corrected chi connectivity index (χ1v) is 11.9. The van der Waals surface area contributed by atoms with Gasteiger partial charge in [-0.1, -0.05) is 81.4 Å². The number of hydrogen-bond donors (Lipinski definition) is 2. The molecule has 1 aliphatic rings. The molecule has 0 bridgehead atoms. The minimum Gasteiger partial charge on any atom is -0.405 e. The molecular formula is C23H32N2O2Si. The highest BCUT2D eigenvalue weighted by atomic mass is 28.4. The fourth-order valence-corrected chi connectivity index (χ4v) is 8.92. The summed E-state index contributed by atoms with van der Waals surface area (Å²) in [5.41, 5.74) is 5.36. The van der Waals surface area contributed by atoms with Gasteiger partial charge in [0.2, 0.25) is 5.91 Å². The van der Waals surface area contributed by atoms with Crippen LogP contribution in [0.15, 0.2) is 60.7 Å². The molecule has 1 saturated heterocycles. The Morgan fingerprint density at radius 2 is 1.57 bits per heavy atom. The summed E-state index contributed by atoms with van der Waals surface area (Å²) in [7, 11) is -2.58. The van der Waals surface area contributed by atoms with Gasteiger partial charge in [0.25, 0.3) is 8.32 Å². The van der Waals surface area contributed by atoms with E-state index in [9.17, 15) is 4.79 Å². The fraction of sp³-hybridized carbons (Fsp3) is 0.435. The van der Waals surface area contributed by atoms with Crippen LogP contribution in [-0.2, 0) is 9.22 Å². The van der Waals surface area contributed by atoms with Crippen molar-refractivity contribution in [1.29, 1.82) is 0 Å². The minimum absolute atomic E-state index is 0.0114. The summed E-state index contributed by atoms with van der Waals surface area (Å²) in [6.45, 7) is 9.57. The van der Waals surface area contributed by atoms with Crippen molar-refractivity contribution < 1.29 is 9.22 Å². The van der Waals surface area contributed by atoms with E-state index >= 15 is 0 Å². The molecule has 1 amide bonds. The number of nitrogens with two attached hydrogens (primary N) is 1. The van der Waals surface area contributed by atoms with Gasteiger partial charge in [0.05, 0.1) is 18.1 Å². The largest absolute Gasteiger partial charge is 0.405 e. The molecule has 5 heteroatoms. The molecule has 2 aromatic carbocycles. The van der Waals surface area contributed by atoms with Gasteiger partial charge >= 0.3 is 0 Å². The summed E-state index contributed by atoms with van der Waals surface area (Å²) in [4.78, 5) is 12.4. The Labute approximate surface area is 169 Å². The maximum Gasteiger partial charge on any atom is 0.261 e. The Bertz CT molecular complexity index is 765. The zero-order valence-corrected chi connectivity index (χ0v) is 18.4. The summed E-state index contributed by atoms with van der Waals surface area (Å²) in [6.07, 6.45) is 0.709. The lowest BCUT2D eigenvalue weighted by Crippen LogP contribution is -2.67. The average molecular weight is 397 g/mol. The van der Waals surface area contributed by atoms with Crippen molar-refractivity contribution in [2.45, 2.75) is 45.2 Å². The van der Waals surface area contributed by atoms with E-state index in [2.05, 4.69) is 74.6 Å². The number of hydrogen-bond acceptors (Lipinski definition) is 3. The summed E-state index contributed by atoms with van der Waals surface area (Å²) in [5.74, 6) is 0.0334. The van der Waals surface area contributed by atoms with Crippen molar-refractivity contribution in [3.63, 3.8) is 0 Å². The molecular weight excluding hydrogens is 364 g/mol. The lowest BCUT2D eigenvalue weighted by atomic mass is 9.87. The molecule has 0 saturated carbocycles. The minimum atomic E-state index is -2.58. The number of amides is 1. The molecule has 0 aromatic heterocycles. The number of nitrogens with one attached hydrogen (secondary N) is 1. The van der Waals surface area contributed by atoms with E-state index in [-0.39, 0.29) is 17.0 Å². The van der Waals surface area contributed by atoms with Crippen LogP contribution < -0.4 is 21.4 Å². The van der Waals surface area contributed by atoms with Gasteiger partial charge in [0, 0.05) is 6.54 Å². The maximum atomic E-state index is 12.4. The molecule has 4 nitrogen and oxygen atoms in total. The molecule has 3 N–H and O–H groups in total. The third-order valence-corrected chi connectivity index (χ3v) is 11.0. The van der Waals surface area contributed by atoms with Crippen LogP contribution in [0.5, 0.6) is 0 Å². The fourth-order valence-electron chi connectivity index (χ4n) is 4.31. The van der Waals surface area contributed by atoms with E-state index in [1.54, 1.807) is 0 Å². The van der Waals surface area contributed by atoms with Gasteiger partial charge in [-0.05, 0) is 28.8 Å². The van der Waals surface area contributed by atoms with E-state index in [0.717, 1.165) is 0 Å². The van der Waals surface area contributed by atoms with Crippen LogP contribution in [-0.4, -0.2) is 33.4 Å². The summed E-state index contributed by atoms with van der Waals surface area (Å²) < 4.78 is 6.92. The van der Waals surface area contributed by atoms with Crippen LogP contribution in [0.2, 0.25) is 5.04 Å². The predicted molar refractivity (Wildman–Crippen MR) is 117 cm³/mol. The third-order valence-electron chi connectivity index (χ3n) is 5.95. The summed E-state index contributed by atoms with van der Waals surface area (Å²) in [5, 5.41) is 5.53. The topological polar surface area (TPSA) is 64.3 Å². The highest BCUT2D eigenvalue weighted by Gasteiger charge is 2.51.